The maximum absolute atomic E-state index is 13.5. The van der Waals surface area contributed by atoms with Crippen LogP contribution in [-0.4, -0.2) is 13.3 Å². The Kier molecular flexibility index (Phi) is 7.61. The van der Waals surface area contributed by atoms with Gasteiger partial charge in [-0.2, -0.15) is 0 Å². The van der Waals surface area contributed by atoms with E-state index in [9.17, 15) is 4.39 Å². The lowest BCUT2D eigenvalue weighted by atomic mass is 9.76. The number of nitrogens with one attached hydrogen (secondary N) is 1. The monoisotopic (exact) mass is 644 g/mol. The summed E-state index contributed by atoms with van der Waals surface area (Å²) in [4.78, 5) is 4.73. The molecule has 4 aromatic rings. The third-order valence-electron chi connectivity index (χ3n) is 7.66. The van der Waals surface area contributed by atoms with Gasteiger partial charge in [0.25, 0.3) is 0 Å². The van der Waals surface area contributed by atoms with E-state index >= 15 is 0 Å². The van der Waals surface area contributed by atoms with Crippen LogP contribution in [0.15, 0.2) is 96.0 Å². The van der Waals surface area contributed by atoms with Crippen molar-refractivity contribution in [2.75, 3.05) is 12.4 Å². The smallest absolute Gasteiger partial charge is 0.174 e. The molecule has 0 spiro atoms. The van der Waals surface area contributed by atoms with Gasteiger partial charge in [0.1, 0.15) is 12.4 Å². The number of anilines is 1. The fraction of sp³-hybridized carbons (Fsp3) is 0.206. The van der Waals surface area contributed by atoms with Gasteiger partial charge in [0.05, 0.1) is 22.4 Å². The molecule has 202 valence electrons. The Bertz CT molecular complexity index is 1600. The number of allylic oxidation sites excluding steroid dienone is 2. The first-order valence-corrected chi connectivity index (χ1v) is 14.5. The van der Waals surface area contributed by atoms with E-state index in [-0.39, 0.29) is 18.5 Å². The Labute approximate surface area is 248 Å². The molecule has 0 amide bonds. The lowest BCUT2D eigenvalue weighted by Crippen LogP contribution is -2.29. The van der Waals surface area contributed by atoms with Crippen molar-refractivity contribution in [3.8, 4) is 11.5 Å². The highest BCUT2D eigenvalue weighted by Crippen LogP contribution is 2.50. The number of hydrogen-bond donors (Lipinski definition) is 1. The first kappa shape index (κ1) is 26.6. The number of aliphatic imine (C=N–C) groups is 1. The number of rotatable bonds is 7. The highest BCUT2D eigenvalue weighted by atomic mass is 127. The fourth-order valence-electron chi connectivity index (χ4n) is 5.70. The van der Waals surface area contributed by atoms with Crippen molar-refractivity contribution < 1.29 is 13.9 Å². The van der Waals surface area contributed by atoms with Crippen molar-refractivity contribution in [3.05, 3.63) is 128 Å². The summed E-state index contributed by atoms with van der Waals surface area (Å²) in [6.45, 7) is 2.41. The maximum atomic E-state index is 13.5. The highest BCUT2D eigenvalue weighted by Gasteiger charge is 2.37. The molecule has 0 saturated heterocycles. The molecule has 4 nitrogen and oxygen atoms in total. The fourth-order valence-corrected chi connectivity index (χ4v) is 6.48. The Balaban J connectivity index is 1.17. The number of methoxy groups -OCH3 is 1. The van der Waals surface area contributed by atoms with Gasteiger partial charge in [0, 0.05) is 17.8 Å². The summed E-state index contributed by atoms with van der Waals surface area (Å²) in [6.07, 6.45) is 7.62. The van der Waals surface area contributed by atoms with Crippen molar-refractivity contribution in [3.63, 3.8) is 0 Å². The molecule has 0 fully saturated rings. The molecule has 1 heterocycles. The van der Waals surface area contributed by atoms with Crippen LogP contribution in [0.1, 0.15) is 46.2 Å². The first-order chi connectivity index (χ1) is 19.5. The number of aryl methyl sites for hydroxylation is 1. The Hall–Kier alpha value is -3.65. The minimum absolute atomic E-state index is 0.253. The summed E-state index contributed by atoms with van der Waals surface area (Å²) in [5.41, 5.74) is 7.78. The molecule has 0 saturated carbocycles. The minimum atomic E-state index is -0.280. The van der Waals surface area contributed by atoms with Crippen LogP contribution in [0, 0.1) is 22.2 Å². The summed E-state index contributed by atoms with van der Waals surface area (Å²) in [5, 5.41) is 3.81. The minimum Gasteiger partial charge on any atom is -0.493 e. The van der Waals surface area contributed by atoms with Crippen molar-refractivity contribution in [1.82, 2.24) is 0 Å². The third-order valence-corrected chi connectivity index (χ3v) is 8.46. The van der Waals surface area contributed by atoms with E-state index in [1.165, 1.54) is 34.5 Å². The van der Waals surface area contributed by atoms with Gasteiger partial charge in [-0.15, -0.1) is 0 Å². The number of nitrogens with zero attached hydrogens (tertiary/aromatic N) is 1. The van der Waals surface area contributed by atoms with E-state index in [1.807, 2.05) is 24.4 Å². The van der Waals surface area contributed by atoms with Crippen LogP contribution in [0.5, 0.6) is 11.5 Å². The van der Waals surface area contributed by atoms with E-state index in [0.29, 0.717) is 23.3 Å². The van der Waals surface area contributed by atoms with Crippen molar-refractivity contribution in [2.24, 2.45) is 10.9 Å². The molecule has 3 atom stereocenters. The summed E-state index contributed by atoms with van der Waals surface area (Å²) < 4.78 is 26.0. The van der Waals surface area contributed by atoms with Crippen molar-refractivity contribution in [2.45, 2.75) is 31.9 Å². The summed E-state index contributed by atoms with van der Waals surface area (Å²) >= 11 is 2.23. The van der Waals surface area contributed by atoms with Crippen molar-refractivity contribution in [1.29, 1.82) is 0 Å². The van der Waals surface area contributed by atoms with Gasteiger partial charge in [-0.05, 0) is 107 Å². The van der Waals surface area contributed by atoms with E-state index in [1.54, 1.807) is 13.2 Å². The van der Waals surface area contributed by atoms with Crippen LogP contribution >= 0.6 is 22.6 Å². The van der Waals surface area contributed by atoms with Gasteiger partial charge in [0.15, 0.2) is 11.5 Å². The Morgan fingerprint density at radius 3 is 2.70 bits per heavy atom. The topological polar surface area (TPSA) is 42.8 Å². The predicted molar refractivity (Wildman–Crippen MR) is 168 cm³/mol. The van der Waals surface area contributed by atoms with E-state index in [2.05, 4.69) is 89.4 Å². The summed E-state index contributed by atoms with van der Waals surface area (Å²) in [5.74, 6) is 1.93. The SMILES string of the molecule is COc1cc(C=Nc2ccc([C@@H]3Nc4ccc(C)cc4[C@@H]4C=CC[C@H]43)cc2)cc(I)c1OCc1cccc(F)c1. The molecule has 2 aliphatic rings. The third kappa shape index (κ3) is 5.50. The molecule has 6 heteroatoms. The number of hydrogen-bond acceptors (Lipinski definition) is 4. The van der Waals surface area contributed by atoms with Crippen LogP contribution < -0.4 is 14.8 Å². The number of fused-ring (bicyclic) bond motifs is 3. The molecule has 1 aliphatic carbocycles. The van der Waals surface area contributed by atoms with Crippen LogP contribution in [0.4, 0.5) is 15.8 Å². The predicted octanol–water partition coefficient (Wildman–Crippen LogP) is 8.90. The molecular formula is C34H30FIN2O2. The molecular weight excluding hydrogens is 614 g/mol. The van der Waals surface area contributed by atoms with Gasteiger partial charge in [-0.3, -0.25) is 4.99 Å². The summed E-state index contributed by atoms with van der Waals surface area (Å²) in [6, 6.07) is 25.8. The van der Waals surface area contributed by atoms with Gasteiger partial charge in [0.2, 0.25) is 0 Å². The quantitative estimate of drug-likeness (QED) is 0.124. The van der Waals surface area contributed by atoms with Crippen LogP contribution in [0.25, 0.3) is 0 Å². The van der Waals surface area contributed by atoms with Crippen molar-refractivity contribution >= 4 is 40.2 Å². The molecule has 4 aromatic carbocycles. The molecule has 0 radical (unpaired) electrons. The molecule has 1 N–H and O–H groups in total. The van der Waals surface area contributed by atoms with Crippen LogP contribution in [-0.2, 0) is 6.61 Å². The van der Waals surface area contributed by atoms with Gasteiger partial charge >= 0.3 is 0 Å². The normalized spacial score (nSPS) is 19.2. The second kappa shape index (κ2) is 11.5. The second-order valence-corrected chi connectivity index (χ2v) is 11.5. The number of benzene rings is 4. The molecule has 0 bridgehead atoms. The second-order valence-electron chi connectivity index (χ2n) is 10.4. The first-order valence-electron chi connectivity index (χ1n) is 13.4. The van der Waals surface area contributed by atoms with E-state index in [4.69, 9.17) is 14.5 Å². The van der Waals surface area contributed by atoms with Crippen LogP contribution in [0.2, 0.25) is 0 Å². The van der Waals surface area contributed by atoms with E-state index < -0.39 is 0 Å². The largest absolute Gasteiger partial charge is 0.493 e. The summed E-state index contributed by atoms with van der Waals surface area (Å²) in [7, 11) is 1.61. The average Bonchev–Trinajstić information content (AvgIpc) is 3.46. The molecule has 40 heavy (non-hydrogen) atoms. The zero-order valence-electron chi connectivity index (χ0n) is 22.4. The standard InChI is InChI=1S/C34H30FIN2O2/c1-21-9-14-31-29(15-21)27-7-4-8-28(27)33(38-31)24-10-12-26(13-11-24)37-19-23-17-30(36)34(32(18-23)39-2)40-20-22-5-3-6-25(35)16-22/h3-7,9-19,27-28,33,38H,8,20H2,1-2H3/t27-,28-,33+/m1/s1. The number of halogens is 2. The molecule has 0 unspecified atom stereocenters. The maximum Gasteiger partial charge on any atom is 0.174 e. The number of ether oxygens (including phenoxy) is 2. The Morgan fingerprint density at radius 2 is 1.90 bits per heavy atom. The van der Waals surface area contributed by atoms with Gasteiger partial charge < -0.3 is 14.8 Å². The molecule has 6 rings (SSSR count). The zero-order chi connectivity index (χ0) is 27.6. The lowest BCUT2D eigenvalue weighted by Gasteiger charge is -2.37. The van der Waals surface area contributed by atoms with E-state index in [0.717, 1.165) is 26.8 Å². The molecule has 0 aromatic heterocycles. The molecule has 1 aliphatic heterocycles. The van der Waals surface area contributed by atoms with Crippen LogP contribution in [0.3, 0.4) is 0 Å². The average molecular weight is 645 g/mol. The lowest BCUT2D eigenvalue weighted by molar-refractivity contribution is 0.282. The Morgan fingerprint density at radius 1 is 1.05 bits per heavy atom. The zero-order valence-corrected chi connectivity index (χ0v) is 24.6. The highest BCUT2D eigenvalue weighted by molar-refractivity contribution is 14.1. The van der Waals surface area contributed by atoms with Gasteiger partial charge in [-0.1, -0.05) is 54.1 Å². The van der Waals surface area contributed by atoms with Gasteiger partial charge in [-0.25, -0.2) is 4.39 Å².